The minimum atomic E-state index is -0.843. The van der Waals surface area contributed by atoms with E-state index in [1.165, 1.54) is 96.3 Å². The van der Waals surface area contributed by atoms with Crippen LogP contribution < -0.4 is 0 Å². The van der Waals surface area contributed by atoms with E-state index in [2.05, 4.69) is 85.8 Å². The van der Waals surface area contributed by atoms with Crippen LogP contribution in [0.25, 0.3) is 0 Å². The summed E-state index contributed by atoms with van der Waals surface area (Å²) in [7, 11) is 0. The average molecular weight is 702 g/mol. The van der Waals surface area contributed by atoms with Crippen LogP contribution in [0.4, 0.5) is 0 Å². The Balaban J connectivity index is 1.28. The zero-order valence-corrected chi connectivity index (χ0v) is 31.9. The van der Waals surface area contributed by atoms with E-state index in [-0.39, 0.29) is 6.10 Å². The van der Waals surface area contributed by atoms with Gasteiger partial charge < -0.3 is 14.2 Å². The first-order valence-corrected chi connectivity index (χ1v) is 20.3. The van der Waals surface area contributed by atoms with Crippen LogP contribution in [0.15, 0.2) is 115 Å². The van der Waals surface area contributed by atoms with Crippen molar-refractivity contribution in [2.75, 3.05) is 19.8 Å². The Hall–Kier alpha value is -3.75. The highest BCUT2D eigenvalue weighted by atomic mass is 16.6. The summed E-state index contributed by atoms with van der Waals surface area (Å²) in [5.41, 5.74) is 3.81. The first kappa shape index (κ1) is 41.0. The van der Waals surface area contributed by atoms with Crippen molar-refractivity contribution in [3.8, 4) is 6.07 Å². The minimum absolute atomic E-state index is 0.312. The Morgan fingerprint density at radius 3 is 1.40 bits per heavy atom. The van der Waals surface area contributed by atoms with Crippen LogP contribution in [0.2, 0.25) is 0 Å². The highest BCUT2D eigenvalue weighted by Gasteiger charge is 2.38. The number of benzene rings is 4. The molecule has 0 fully saturated rings. The first-order chi connectivity index (χ1) is 25.8. The van der Waals surface area contributed by atoms with Gasteiger partial charge in [0.2, 0.25) is 0 Å². The molecule has 4 heteroatoms. The molecule has 278 valence electrons. The van der Waals surface area contributed by atoms with E-state index in [1.807, 2.05) is 42.5 Å². The average Bonchev–Trinajstić information content (AvgIpc) is 3.20. The summed E-state index contributed by atoms with van der Waals surface area (Å²) in [5, 5.41) is 9.69. The van der Waals surface area contributed by atoms with Gasteiger partial charge in [-0.25, -0.2) is 0 Å². The topological polar surface area (TPSA) is 51.5 Å². The Labute approximate surface area is 315 Å². The van der Waals surface area contributed by atoms with Crippen LogP contribution in [0.5, 0.6) is 0 Å². The fourth-order valence-electron chi connectivity index (χ4n) is 7.06. The first-order valence-electron chi connectivity index (χ1n) is 20.3. The molecule has 0 saturated heterocycles. The summed E-state index contributed by atoms with van der Waals surface area (Å²) in [5.74, 6) is 0. The molecule has 0 spiro atoms. The minimum Gasteiger partial charge on any atom is -0.379 e. The lowest BCUT2D eigenvalue weighted by atomic mass is 9.80. The maximum Gasteiger partial charge on any atom is 0.143 e. The molecule has 4 nitrogen and oxygen atoms in total. The third-order valence-electron chi connectivity index (χ3n) is 10.1. The van der Waals surface area contributed by atoms with Crippen LogP contribution in [0.1, 0.15) is 137 Å². The van der Waals surface area contributed by atoms with Gasteiger partial charge in [0.05, 0.1) is 31.5 Å². The predicted octanol–water partition coefficient (Wildman–Crippen LogP) is 12.7. The monoisotopic (exact) mass is 701 g/mol. The molecule has 0 unspecified atom stereocenters. The van der Waals surface area contributed by atoms with Crippen LogP contribution in [0.3, 0.4) is 0 Å². The van der Waals surface area contributed by atoms with Crippen molar-refractivity contribution in [1.82, 2.24) is 0 Å². The second-order valence-corrected chi connectivity index (χ2v) is 14.2. The maximum absolute atomic E-state index is 9.69. The van der Waals surface area contributed by atoms with Crippen molar-refractivity contribution in [3.05, 3.63) is 143 Å². The van der Waals surface area contributed by atoms with E-state index < -0.39 is 5.60 Å². The normalized spacial score (nSPS) is 12.1. The standard InChI is InChI=1S/C48H63NO3/c1-2-3-4-5-6-7-8-9-10-11-12-13-14-15-16-28-37-50-40-47(51-39-43-30-27-26-29-42(43)38-49)41-52-48(44-31-20-17-21-32-44,45-33-22-18-23-34-45)46-35-24-19-25-36-46/h17-27,29-36,47H,2-16,28,37,39-41H2,1H3/t47-/m1/s1. The molecule has 0 radical (unpaired) electrons. The Morgan fingerprint density at radius 1 is 0.519 bits per heavy atom. The smallest absolute Gasteiger partial charge is 0.143 e. The van der Waals surface area contributed by atoms with E-state index in [9.17, 15) is 5.26 Å². The number of hydrogen-bond acceptors (Lipinski definition) is 4. The highest BCUT2D eigenvalue weighted by molar-refractivity contribution is 5.47. The molecule has 0 aliphatic rings. The van der Waals surface area contributed by atoms with Crippen LogP contribution >= 0.6 is 0 Å². The summed E-state index contributed by atoms with van der Waals surface area (Å²) in [4.78, 5) is 0. The van der Waals surface area contributed by atoms with Gasteiger partial charge in [-0.3, -0.25) is 0 Å². The van der Waals surface area contributed by atoms with Crippen LogP contribution in [-0.2, 0) is 26.4 Å². The Bertz CT molecular complexity index is 1400. The third kappa shape index (κ3) is 14.0. The molecule has 0 aliphatic heterocycles. The highest BCUT2D eigenvalue weighted by Crippen LogP contribution is 2.40. The zero-order chi connectivity index (χ0) is 36.4. The summed E-state index contributed by atoms with van der Waals surface area (Å²) in [6.45, 7) is 4.04. The molecule has 0 amide bonds. The molecule has 4 aromatic carbocycles. The number of rotatable bonds is 28. The van der Waals surface area contributed by atoms with Crippen molar-refractivity contribution >= 4 is 0 Å². The molecule has 0 N–H and O–H groups in total. The number of hydrogen-bond donors (Lipinski definition) is 0. The van der Waals surface area contributed by atoms with Gasteiger partial charge in [0.1, 0.15) is 11.7 Å². The third-order valence-corrected chi connectivity index (χ3v) is 10.1. The van der Waals surface area contributed by atoms with E-state index in [4.69, 9.17) is 14.2 Å². The second kappa shape index (κ2) is 25.3. The van der Waals surface area contributed by atoms with Crippen molar-refractivity contribution in [3.63, 3.8) is 0 Å². The van der Waals surface area contributed by atoms with Gasteiger partial charge in [0.25, 0.3) is 0 Å². The lowest BCUT2D eigenvalue weighted by molar-refractivity contribution is -0.0968. The van der Waals surface area contributed by atoms with Crippen LogP contribution in [-0.4, -0.2) is 25.9 Å². The van der Waals surface area contributed by atoms with Crippen LogP contribution in [0, 0.1) is 11.3 Å². The van der Waals surface area contributed by atoms with Crippen molar-refractivity contribution in [2.45, 2.75) is 128 Å². The molecular formula is C48H63NO3. The van der Waals surface area contributed by atoms with Gasteiger partial charge in [0, 0.05) is 6.61 Å². The quantitative estimate of drug-likeness (QED) is 0.0437. The van der Waals surface area contributed by atoms with Gasteiger partial charge in [-0.05, 0) is 34.7 Å². The molecule has 4 rings (SSSR count). The molecule has 0 heterocycles. The molecule has 0 bridgehead atoms. The van der Waals surface area contributed by atoms with E-state index >= 15 is 0 Å². The lowest BCUT2D eigenvalue weighted by Gasteiger charge is -2.37. The van der Waals surface area contributed by atoms with E-state index in [1.54, 1.807) is 0 Å². The number of unbranched alkanes of at least 4 members (excludes halogenated alkanes) is 15. The van der Waals surface area contributed by atoms with Crippen molar-refractivity contribution in [1.29, 1.82) is 5.26 Å². The maximum atomic E-state index is 9.69. The fraction of sp³-hybridized carbons (Fsp3) is 0.479. The molecular weight excluding hydrogens is 639 g/mol. The van der Waals surface area contributed by atoms with E-state index in [0.29, 0.717) is 32.0 Å². The summed E-state index contributed by atoms with van der Waals surface area (Å²) < 4.78 is 19.9. The summed E-state index contributed by atoms with van der Waals surface area (Å²) in [6, 6.07) is 41.2. The molecule has 0 aromatic heterocycles. The largest absolute Gasteiger partial charge is 0.379 e. The Kier molecular flexibility index (Phi) is 19.9. The number of nitriles is 1. The van der Waals surface area contributed by atoms with Gasteiger partial charge >= 0.3 is 0 Å². The zero-order valence-electron chi connectivity index (χ0n) is 31.9. The fourth-order valence-corrected chi connectivity index (χ4v) is 7.06. The second-order valence-electron chi connectivity index (χ2n) is 14.2. The molecule has 1 atom stereocenters. The van der Waals surface area contributed by atoms with Gasteiger partial charge in [-0.1, -0.05) is 212 Å². The molecule has 0 aliphatic carbocycles. The summed E-state index contributed by atoms with van der Waals surface area (Å²) in [6.07, 6.45) is 21.3. The summed E-state index contributed by atoms with van der Waals surface area (Å²) >= 11 is 0. The van der Waals surface area contributed by atoms with Crippen molar-refractivity contribution in [2.24, 2.45) is 0 Å². The predicted molar refractivity (Wildman–Crippen MR) is 215 cm³/mol. The van der Waals surface area contributed by atoms with E-state index in [0.717, 1.165) is 28.7 Å². The lowest BCUT2D eigenvalue weighted by Crippen LogP contribution is -2.37. The number of ether oxygens (including phenoxy) is 3. The van der Waals surface area contributed by atoms with Crippen molar-refractivity contribution < 1.29 is 14.2 Å². The van der Waals surface area contributed by atoms with Gasteiger partial charge in [-0.2, -0.15) is 5.26 Å². The Morgan fingerprint density at radius 2 is 0.942 bits per heavy atom. The number of nitrogens with zero attached hydrogens (tertiary/aromatic N) is 1. The van der Waals surface area contributed by atoms with Gasteiger partial charge in [0.15, 0.2) is 0 Å². The SMILES string of the molecule is CCCCCCCCCCCCCCCCCCOC[C@H](COC(c1ccccc1)(c1ccccc1)c1ccccc1)OCc1ccccc1C#N. The van der Waals surface area contributed by atoms with Gasteiger partial charge in [-0.15, -0.1) is 0 Å². The molecule has 4 aromatic rings. The molecule has 0 saturated carbocycles. The molecule has 52 heavy (non-hydrogen) atoms.